The van der Waals surface area contributed by atoms with E-state index in [2.05, 4.69) is 22.6 Å². The summed E-state index contributed by atoms with van der Waals surface area (Å²) in [5.74, 6) is 0.354. The molecule has 3 heteroatoms. The van der Waals surface area contributed by atoms with Crippen molar-refractivity contribution in [2.75, 3.05) is 0 Å². The molecule has 0 saturated carbocycles. The van der Waals surface area contributed by atoms with E-state index in [0.29, 0.717) is 0 Å². The van der Waals surface area contributed by atoms with E-state index < -0.39 is 0 Å². The number of benzene rings is 1. The van der Waals surface area contributed by atoms with Crippen LogP contribution in [0.15, 0.2) is 24.3 Å². The van der Waals surface area contributed by atoms with Crippen LogP contribution >= 0.6 is 22.6 Å². The van der Waals surface area contributed by atoms with E-state index in [-0.39, 0.29) is 15.5 Å². The number of halogens is 1. The van der Waals surface area contributed by atoms with Gasteiger partial charge < -0.3 is 5.11 Å². The molecule has 0 fully saturated rings. The Kier molecular flexibility index (Phi) is 3.08. The molecule has 1 atom stereocenters. The molecule has 64 valence electrons. The number of ketones is 1. The summed E-state index contributed by atoms with van der Waals surface area (Å²) in [6.45, 7) is 1.56. The summed E-state index contributed by atoms with van der Waals surface area (Å²) < 4.78 is -0.108. The summed E-state index contributed by atoms with van der Waals surface area (Å²) in [7, 11) is 0. The molecule has 0 amide bonds. The molecule has 0 heterocycles. The number of phenolic OH excluding ortho intramolecular Hbond substituents is 1. The highest BCUT2D eigenvalue weighted by atomic mass is 127. The fourth-order valence-corrected chi connectivity index (χ4v) is 1.29. The summed E-state index contributed by atoms with van der Waals surface area (Å²) in [5, 5.41) is 8.99. The molecule has 0 saturated heterocycles. The van der Waals surface area contributed by atoms with Crippen molar-refractivity contribution in [1.29, 1.82) is 0 Å². The standard InChI is InChI=1S/C9H9IO2/c1-6(11)9(10)7-2-4-8(12)5-3-7/h2-5,9,12H,1H3. The van der Waals surface area contributed by atoms with E-state index in [0.717, 1.165) is 5.56 Å². The lowest BCUT2D eigenvalue weighted by atomic mass is 10.1. The van der Waals surface area contributed by atoms with E-state index >= 15 is 0 Å². The molecule has 0 aromatic heterocycles. The van der Waals surface area contributed by atoms with Gasteiger partial charge in [0.25, 0.3) is 0 Å². The monoisotopic (exact) mass is 276 g/mol. The first-order valence-corrected chi connectivity index (χ1v) is 4.79. The SMILES string of the molecule is CC(=O)C(I)c1ccc(O)cc1. The number of carbonyl (C=O) groups is 1. The van der Waals surface area contributed by atoms with Crippen molar-refractivity contribution in [3.05, 3.63) is 29.8 Å². The lowest BCUT2D eigenvalue weighted by Crippen LogP contribution is -1.99. The molecule has 1 aromatic carbocycles. The van der Waals surface area contributed by atoms with Gasteiger partial charge in [0.15, 0.2) is 0 Å². The van der Waals surface area contributed by atoms with E-state index in [1.807, 2.05) is 0 Å². The van der Waals surface area contributed by atoms with Crippen LogP contribution < -0.4 is 0 Å². The van der Waals surface area contributed by atoms with E-state index in [1.165, 1.54) is 0 Å². The van der Waals surface area contributed by atoms with Gasteiger partial charge in [0.1, 0.15) is 11.5 Å². The number of hydrogen-bond donors (Lipinski definition) is 1. The highest BCUT2D eigenvalue weighted by Gasteiger charge is 2.11. The van der Waals surface area contributed by atoms with Crippen molar-refractivity contribution in [2.24, 2.45) is 0 Å². The predicted molar refractivity (Wildman–Crippen MR) is 55.5 cm³/mol. The third-order valence-corrected chi connectivity index (χ3v) is 3.14. The molecule has 0 bridgehead atoms. The first kappa shape index (κ1) is 9.51. The average molecular weight is 276 g/mol. The maximum Gasteiger partial charge on any atom is 0.147 e. The molecule has 0 aliphatic carbocycles. The van der Waals surface area contributed by atoms with Crippen LogP contribution in [0.1, 0.15) is 16.4 Å². The summed E-state index contributed by atoms with van der Waals surface area (Å²) >= 11 is 2.08. The van der Waals surface area contributed by atoms with Crippen LogP contribution in [0.4, 0.5) is 0 Å². The molecule has 1 rings (SSSR count). The first-order valence-electron chi connectivity index (χ1n) is 3.54. The van der Waals surface area contributed by atoms with Crippen LogP contribution in [0.5, 0.6) is 5.75 Å². The second-order valence-corrected chi connectivity index (χ2v) is 3.81. The zero-order chi connectivity index (χ0) is 9.14. The molecular weight excluding hydrogens is 267 g/mol. The van der Waals surface area contributed by atoms with Gasteiger partial charge in [-0.3, -0.25) is 4.79 Å². The average Bonchev–Trinajstić information content (AvgIpc) is 2.04. The molecular formula is C9H9IO2. The van der Waals surface area contributed by atoms with Gasteiger partial charge in [-0.25, -0.2) is 0 Å². The van der Waals surface area contributed by atoms with Gasteiger partial charge >= 0.3 is 0 Å². The first-order chi connectivity index (χ1) is 5.61. The van der Waals surface area contributed by atoms with E-state index in [9.17, 15) is 4.79 Å². The smallest absolute Gasteiger partial charge is 0.147 e. The molecule has 0 aliphatic rings. The molecule has 1 aromatic rings. The summed E-state index contributed by atoms with van der Waals surface area (Å²) in [6.07, 6.45) is 0. The molecule has 0 aliphatic heterocycles. The summed E-state index contributed by atoms with van der Waals surface area (Å²) in [5.41, 5.74) is 0.931. The second-order valence-electron chi connectivity index (χ2n) is 2.56. The topological polar surface area (TPSA) is 37.3 Å². The number of Topliss-reactive ketones (excluding diaryl/α,β-unsaturated/α-hetero) is 1. The fourth-order valence-electron chi connectivity index (χ4n) is 0.878. The second kappa shape index (κ2) is 3.89. The third-order valence-electron chi connectivity index (χ3n) is 1.54. The van der Waals surface area contributed by atoms with E-state index in [1.54, 1.807) is 31.2 Å². The summed E-state index contributed by atoms with van der Waals surface area (Å²) in [4.78, 5) is 11.0. The van der Waals surface area contributed by atoms with Crippen molar-refractivity contribution in [3.8, 4) is 5.75 Å². The number of rotatable bonds is 2. The fraction of sp³-hybridized carbons (Fsp3) is 0.222. The number of carbonyl (C=O) groups excluding carboxylic acids is 1. The Morgan fingerprint density at radius 3 is 2.33 bits per heavy atom. The highest BCUT2D eigenvalue weighted by molar-refractivity contribution is 14.1. The van der Waals surface area contributed by atoms with Crippen LogP contribution in [-0.4, -0.2) is 10.9 Å². The van der Waals surface area contributed by atoms with Crippen LogP contribution in [0, 0.1) is 0 Å². The zero-order valence-electron chi connectivity index (χ0n) is 6.62. The number of aromatic hydroxyl groups is 1. The Bertz CT molecular complexity index is 279. The van der Waals surface area contributed by atoms with Crippen molar-refractivity contribution in [1.82, 2.24) is 0 Å². The number of hydrogen-bond acceptors (Lipinski definition) is 2. The molecule has 12 heavy (non-hydrogen) atoms. The lowest BCUT2D eigenvalue weighted by molar-refractivity contribution is -0.116. The Balaban J connectivity index is 2.89. The minimum Gasteiger partial charge on any atom is -0.508 e. The van der Waals surface area contributed by atoms with Crippen molar-refractivity contribution in [2.45, 2.75) is 10.8 Å². The van der Waals surface area contributed by atoms with E-state index in [4.69, 9.17) is 5.11 Å². The molecule has 1 N–H and O–H groups in total. The maximum atomic E-state index is 11.0. The van der Waals surface area contributed by atoms with Gasteiger partial charge in [-0.05, 0) is 24.6 Å². The molecule has 2 nitrogen and oxygen atoms in total. The van der Waals surface area contributed by atoms with Gasteiger partial charge in [-0.1, -0.05) is 34.7 Å². The lowest BCUT2D eigenvalue weighted by Gasteiger charge is -2.05. The Morgan fingerprint density at radius 2 is 1.92 bits per heavy atom. The largest absolute Gasteiger partial charge is 0.508 e. The maximum absolute atomic E-state index is 11.0. The van der Waals surface area contributed by atoms with Crippen molar-refractivity contribution < 1.29 is 9.90 Å². The van der Waals surface area contributed by atoms with Gasteiger partial charge in [0.05, 0.1) is 3.92 Å². The van der Waals surface area contributed by atoms with Crippen LogP contribution in [0.25, 0.3) is 0 Å². The number of alkyl halides is 1. The van der Waals surface area contributed by atoms with Gasteiger partial charge in [-0.2, -0.15) is 0 Å². The van der Waals surface area contributed by atoms with Crippen LogP contribution in [-0.2, 0) is 4.79 Å². The van der Waals surface area contributed by atoms with Gasteiger partial charge in [0, 0.05) is 0 Å². The van der Waals surface area contributed by atoms with Crippen molar-refractivity contribution >= 4 is 28.4 Å². The van der Waals surface area contributed by atoms with Gasteiger partial charge in [-0.15, -0.1) is 0 Å². The quantitative estimate of drug-likeness (QED) is 0.665. The highest BCUT2D eigenvalue weighted by Crippen LogP contribution is 2.25. The van der Waals surface area contributed by atoms with Crippen LogP contribution in [0.2, 0.25) is 0 Å². The third kappa shape index (κ3) is 2.20. The summed E-state index contributed by atoms with van der Waals surface area (Å²) in [6, 6.07) is 6.69. The molecule has 0 radical (unpaired) electrons. The molecule has 1 unspecified atom stereocenters. The minimum absolute atomic E-state index is 0.108. The van der Waals surface area contributed by atoms with Crippen LogP contribution in [0.3, 0.4) is 0 Å². The Labute approximate surface area is 84.7 Å². The Hall–Kier alpha value is -0.580. The van der Waals surface area contributed by atoms with Crippen molar-refractivity contribution in [3.63, 3.8) is 0 Å². The minimum atomic E-state index is -0.108. The predicted octanol–water partition coefficient (Wildman–Crippen LogP) is 2.46. The normalized spacial score (nSPS) is 12.5. The molecule has 0 spiro atoms. The zero-order valence-corrected chi connectivity index (χ0v) is 8.78. The van der Waals surface area contributed by atoms with Gasteiger partial charge in [0.2, 0.25) is 0 Å². The Morgan fingerprint density at radius 1 is 1.42 bits per heavy atom. The number of phenols is 1.